The summed E-state index contributed by atoms with van der Waals surface area (Å²) in [5, 5.41) is 2.95. The quantitative estimate of drug-likeness (QED) is 0.940. The smallest absolute Gasteiger partial charge is 0.255 e. The van der Waals surface area contributed by atoms with Gasteiger partial charge in [-0.2, -0.15) is 0 Å². The normalized spacial score (nSPS) is 14.2. The molecule has 0 aliphatic carbocycles. The zero-order valence-corrected chi connectivity index (χ0v) is 13.4. The van der Waals surface area contributed by atoms with Crippen LogP contribution in [0.3, 0.4) is 0 Å². The van der Waals surface area contributed by atoms with Gasteiger partial charge in [-0.25, -0.2) is 0 Å². The molecule has 1 saturated heterocycles. The highest BCUT2D eigenvalue weighted by Crippen LogP contribution is 2.29. The van der Waals surface area contributed by atoms with Gasteiger partial charge in [-0.3, -0.25) is 9.59 Å². The van der Waals surface area contributed by atoms with E-state index in [4.69, 9.17) is 0 Å². The van der Waals surface area contributed by atoms with Gasteiger partial charge in [0, 0.05) is 18.5 Å². The number of hydrogen-bond acceptors (Lipinski definition) is 2. The summed E-state index contributed by atoms with van der Waals surface area (Å²) in [7, 11) is 0. The summed E-state index contributed by atoms with van der Waals surface area (Å²) < 4.78 is 0. The first-order chi connectivity index (χ1) is 11.1. The SMILES string of the molecule is Cc1ccc(C(=O)Nc2ccccc2N2CCCC2=O)c(C)c1. The Morgan fingerprint density at radius 2 is 1.91 bits per heavy atom. The third-order valence-electron chi connectivity index (χ3n) is 4.14. The van der Waals surface area contributed by atoms with Crippen LogP contribution >= 0.6 is 0 Å². The van der Waals surface area contributed by atoms with E-state index in [1.165, 1.54) is 0 Å². The minimum Gasteiger partial charge on any atom is -0.320 e. The van der Waals surface area contributed by atoms with Crippen LogP contribution < -0.4 is 10.2 Å². The predicted octanol–water partition coefficient (Wildman–Crippen LogP) is 3.68. The van der Waals surface area contributed by atoms with E-state index in [2.05, 4.69) is 5.32 Å². The third-order valence-corrected chi connectivity index (χ3v) is 4.14. The number of nitrogens with one attached hydrogen (secondary N) is 1. The van der Waals surface area contributed by atoms with Crippen molar-refractivity contribution >= 4 is 23.2 Å². The van der Waals surface area contributed by atoms with Gasteiger partial charge in [0.25, 0.3) is 5.91 Å². The number of carbonyl (C=O) groups is 2. The van der Waals surface area contributed by atoms with Crippen LogP contribution in [0.15, 0.2) is 42.5 Å². The van der Waals surface area contributed by atoms with Crippen molar-refractivity contribution in [1.29, 1.82) is 0 Å². The predicted molar refractivity (Wildman–Crippen MR) is 91.9 cm³/mol. The number of amides is 2. The molecular weight excluding hydrogens is 288 g/mol. The highest BCUT2D eigenvalue weighted by Gasteiger charge is 2.24. The van der Waals surface area contributed by atoms with Crippen molar-refractivity contribution in [1.82, 2.24) is 0 Å². The third kappa shape index (κ3) is 3.11. The van der Waals surface area contributed by atoms with E-state index in [-0.39, 0.29) is 11.8 Å². The molecule has 4 nitrogen and oxygen atoms in total. The van der Waals surface area contributed by atoms with Gasteiger partial charge < -0.3 is 10.2 Å². The van der Waals surface area contributed by atoms with Crippen LogP contribution in [-0.2, 0) is 4.79 Å². The Bertz CT molecular complexity index is 768. The molecular formula is C19H20N2O2. The van der Waals surface area contributed by atoms with Gasteiger partial charge in [0.15, 0.2) is 0 Å². The number of benzene rings is 2. The first-order valence-electron chi connectivity index (χ1n) is 7.84. The van der Waals surface area contributed by atoms with E-state index < -0.39 is 0 Å². The Morgan fingerprint density at radius 3 is 2.61 bits per heavy atom. The maximum absolute atomic E-state index is 12.6. The molecule has 23 heavy (non-hydrogen) atoms. The lowest BCUT2D eigenvalue weighted by atomic mass is 10.1. The monoisotopic (exact) mass is 308 g/mol. The zero-order valence-electron chi connectivity index (χ0n) is 13.4. The fourth-order valence-electron chi connectivity index (χ4n) is 2.98. The van der Waals surface area contributed by atoms with Gasteiger partial charge in [-0.15, -0.1) is 0 Å². The number of anilines is 2. The topological polar surface area (TPSA) is 49.4 Å². The lowest BCUT2D eigenvalue weighted by Gasteiger charge is -2.20. The number of aryl methyl sites for hydroxylation is 2. The van der Waals surface area contributed by atoms with Crippen molar-refractivity contribution in [2.75, 3.05) is 16.8 Å². The highest BCUT2D eigenvalue weighted by molar-refractivity contribution is 6.08. The van der Waals surface area contributed by atoms with Crippen LogP contribution in [0.5, 0.6) is 0 Å². The van der Waals surface area contributed by atoms with E-state index in [0.29, 0.717) is 24.2 Å². The van der Waals surface area contributed by atoms with E-state index in [1.54, 1.807) is 4.90 Å². The molecule has 0 radical (unpaired) electrons. The van der Waals surface area contributed by atoms with E-state index in [9.17, 15) is 9.59 Å². The van der Waals surface area contributed by atoms with Crippen LogP contribution in [0.4, 0.5) is 11.4 Å². The van der Waals surface area contributed by atoms with Crippen molar-refractivity contribution in [3.8, 4) is 0 Å². The Morgan fingerprint density at radius 1 is 1.13 bits per heavy atom. The molecule has 3 rings (SSSR count). The van der Waals surface area contributed by atoms with Gasteiger partial charge in [0.05, 0.1) is 11.4 Å². The van der Waals surface area contributed by atoms with Gasteiger partial charge in [0.1, 0.15) is 0 Å². The van der Waals surface area contributed by atoms with Crippen molar-refractivity contribution in [3.63, 3.8) is 0 Å². The molecule has 0 bridgehead atoms. The van der Waals surface area contributed by atoms with Gasteiger partial charge in [0.2, 0.25) is 5.91 Å². The Hall–Kier alpha value is -2.62. The van der Waals surface area contributed by atoms with E-state index in [0.717, 1.165) is 23.2 Å². The average molecular weight is 308 g/mol. The summed E-state index contributed by atoms with van der Waals surface area (Å²) in [4.78, 5) is 26.3. The largest absolute Gasteiger partial charge is 0.320 e. The summed E-state index contributed by atoms with van der Waals surface area (Å²) in [5.41, 5.74) is 4.17. The van der Waals surface area contributed by atoms with Crippen molar-refractivity contribution in [3.05, 3.63) is 59.2 Å². The van der Waals surface area contributed by atoms with E-state index >= 15 is 0 Å². The molecule has 1 heterocycles. The molecule has 1 N–H and O–H groups in total. The van der Waals surface area contributed by atoms with Crippen LogP contribution in [0.25, 0.3) is 0 Å². The molecule has 1 fully saturated rings. The zero-order chi connectivity index (χ0) is 16.4. The minimum absolute atomic E-state index is 0.109. The van der Waals surface area contributed by atoms with Crippen molar-refractivity contribution in [2.24, 2.45) is 0 Å². The second kappa shape index (κ2) is 6.24. The van der Waals surface area contributed by atoms with Crippen LogP contribution in [0.1, 0.15) is 34.3 Å². The number of para-hydroxylation sites is 2. The Kier molecular flexibility index (Phi) is 4.15. The van der Waals surface area contributed by atoms with E-state index in [1.807, 2.05) is 56.3 Å². The first-order valence-corrected chi connectivity index (χ1v) is 7.84. The molecule has 2 aromatic rings. The van der Waals surface area contributed by atoms with Crippen molar-refractivity contribution < 1.29 is 9.59 Å². The summed E-state index contributed by atoms with van der Waals surface area (Å²) >= 11 is 0. The fraction of sp³-hybridized carbons (Fsp3) is 0.263. The molecule has 4 heteroatoms. The summed E-state index contributed by atoms with van der Waals surface area (Å²) in [6.07, 6.45) is 1.43. The Balaban J connectivity index is 1.88. The summed E-state index contributed by atoms with van der Waals surface area (Å²) in [5.74, 6) is -0.0418. The lowest BCUT2D eigenvalue weighted by Crippen LogP contribution is -2.25. The Labute approximate surface area is 136 Å². The number of rotatable bonds is 3. The van der Waals surface area contributed by atoms with Gasteiger partial charge in [-0.05, 0) is 44.0 Å². The number of hydrogen-bond donors (Lipinski definition) is 1. The van der Waals surface area contributed by atoms with Gasteiger partial charge in [-0.1, -0.05) is 29.8 Å². The first kappa shape index (κ1) is 15.3. The van der Waals surface area contributed by atoms with Crippen LogP contribution in [0.2, 0.25) is 0 Å². The van der Waals surface area contributed by atoms with Crippen LogP contribution in [0, 0.1) is 13.8 Å². The minimum atomic E-state index is -0.151. The molecule has 1 aliphatic rings. The second-order valence-electron chi connectivity index (χ2n) is 5.94. The molecule has 0 aromatic heterocycles. The number of nitrogens with zero attached hydrogens (tertiary/aromatic N) is 1. The molecule has 2 amide bonds. The molecule has 0 unspecified atom stereocenters. The average Bonchev–Trinajstić information content (AvgIpc) is 2.93. The maximum Gasteiger partial charge on any atom is 0.255 e. The standard InChI is InChI=1S/C19H20N2O2/c1-13-9-10-15(14(2)12-13)19(23)20-16-6-3-4-7-17(16)21-11-5-8-18(21)22/h3-4,6-7,9-10,12H,5,8,11H2,1-2H3,(H,20,23). The fourth-order valence-corrected chi connectivity index (χ4v) is 2.98. The van der Waals surface area contributed by atoms with Gasteiger partial charge >= 0.3 is 0 Å². The highest BCUT2D eigenvalue weighted by atomic mass is 16.2. The molecule has 1 aliphatic heterocycles. The van der Waals surface area contributed by atoms with Crippen LogP contribution in [-0.4, -0.2) is 18.4 Å². The maximum atomic E-state index is 12.6. The summed E-state index contributed by atoms with van der Waals surface area (Å²) in [6, 6.07) is 13.2. The lowest BCUT2D eigenvalue weighted by molar-refractivity contribution is -0.117. The number of carbonyl (C=O) groups excluding carboxylic acids is 2. The second-order valence-corrected chi connectivity index (χ2v) is 5.94. The molecule has 0 atom stereocenters. The molecule has 118 valence electrons. The van der Waals surface area contributed by atoms with Crippen molar-refractivity contribution in [2.45, 2.75) is 26.7 Å². The molecule has 2 aromatic carbocycles. The molecule has 0 saturated carbocycles. The molecule has 0 spiro atoms. The summed E-state index contributed by atoms with van der Waals surface area (Å²) in [6.45, 7) is 4.63.